The monoisotopic (exact) mass is 351 g/mol. The molecule has 1 atom stereocenters. The van der Waals surface area contributed by atoms with Crippen molar-refractivity contribution in [1.29, 1.82) is 0 Å². The van der Waals surface area contributed by atoms with Gasteiger partial charge >= 0.3 is 0 Å². The van der Waals surface area contributed by atoms with Gasteiger partial charge in [0.05, 0.1) is 29.9 Å². The van der Waals surface area contributed by atoms with Crippen LogP contribution in [-0.4, -0.2) is 34.4 Å². The van der Waals surface area contributed by atoms with E-state index in [-0.39, 0.29) is 6.04 Å². The van der Waals surface area contributed by atoms with Crippen LogP contribution < -0.4 is 15.8 Å². The van der Waals surface area contributed by atoms with Gasteiger partial charge in [-0.2, -0.15) is 0 Å². The lowest BCUT2D eigenvalue weighted by Crippen LogP contribution is -2.22. The van der Waals surface area contributed by atoms with Crippen molar-refractivity contribution in [3.05, 3.63) is 16.6 Å². The molecule has 0 radical (unpaired) electrons. The second-order valence-electron chi connectivity index (χ2n) is 4.29. The minimum absolute atomic E-state index is 0.0488. The maximum Gasteiger partial charge on any atom is 0.229 e. The van der Waals surface area contributed by atoms with Gasteiger partial charge in [-0.3, -0.25) is 4.72 Å². The number of nitrogens with two attached hydrogens (primary N) is 1. The molecule has 108 valence electrons. The van der Waals surface area contributed by atoms with E-state index < -0.39 is 10.0 Å². The molecular formula is C11H18BrN3O3S. The van der Waals surface area contributed by atoms with Crippen LogP contribution in [0.4, 0.5) is 17.1 Å². The van der Waals surface area contributed by atoms with Gasteiger partial charge in [0.1, 0.15) is 0 Å². The van der Waals surface area contributed by atoms with Crippen molar-refractivity contribution in [3.63, 3.8) is 0 Å². The molecule has 0 aromatic heterocycles. The lowest BCUT2D eigenvalue weighted by Gasteiger charge is -2.18. The van der Waals surface area contributed by atoms with Gasteiger partial charge in [-0.15, -0.1) is 0 Å². The number of hydrogen-bond acceptors (Lipinski definition) is 5. The Balaban J connectivity index is 3.06. The number of anilines is 3. The van der Waals surface area contributed by atoms with Crippen LogP contribution in [-0.2, 0) is 14.8 Å². The summed E-state index contributed by atoms with van der Waals surface area (Å²) >= 11 is 3.32. The summed E-state index contributed by atoms with van der Waals surface area (Å²) in [6, 6.07) is 3.45. The second kappa shape index (κ2) is 6.44. The molecule has 1 aromatic rings. The molecule has 19 heavy (non-hydrogen) atoms. The molecule has 8 heteroatoms. The SMILES string of the molecule is COCC(C)Nc1cc(Br)cc(NS(C)(=O)=O)c1N. The van der Waals surface area contributed by atoms with Gasteiger partial charge in [0, 0.05) is 17.6 Å². The highest BCUT2D eigenvalue weighted by Gasteiger charge is 2.12. The van der Waals surface area contributed by atoms with Gasteiger partial charge < -0.3 is 15.8 Å². The van der Waals surface area contributed by atoms with Crippen molar-refractivity contribution in [3.8, 4) is 0 Å². The Morgan fingerprint density at radius 3 is 2.53 bits per heavy atom. The first-order valence-electron chi connectivity index (χ1n) is 5.55. The van der Waals surface area contributed by atoms with Gasteiger partial charge in [0.2, 0.25) is 10.0 Å². The highest BCUT2D eigenvalue weighted by Crippen LogP contribution is 2.33. The standard InChI is InChI=1S/C11H18BrN3O3S/c1-7(6-18-2)14-9-4-8(12)5-10(11(9)13)15-19(3,16)17/h4-5,7,14-15H,6,13H2,1-3H3. The fourth-order valence-electron chi connectivity index (χ4n) is 1.58. The van der Waals surface area contributed by atoms with Crippen LogP contribution in [0.15, 0.2) is 16.6 Å². The number of nitrogens with one attached hydrogen (secondary N) is 2. The zero-order valence-corrected chi connectivity index (χ0v) is 13.4. The van der Waals surface area contributed by atoms with E-state index in [1.165, 1.54) is 0 Å². The highest BCUT2D eigenvalue weighted by molar-refractivity contribution is 9.10. The third-order valence-corrected chi connectivity index (χ3v) is 3.31. The summed E-state index contributed by atoms with van der Waals surface area (Å²) in [4.78, 5) is 0. The Hall–Kier alpha value is -0.990. The molecule has 0 aliphatic carbocycles. The second-order valence-corrected chi connectivity index (χ2v) is 6.95. The molecule has 0 bridgehead atoms. The van der Waals surface area contributed by atoms with Crippen molar-refractivity contribution in [2.45, 2.75) is 13.0 Å². The van der Waals surface area contributed by atoms with Crippen LogP contribution in [0.25, 0.3) is 0 Å². The Bertz CT molecular complexity index is 548. The predicted octanol–water partition coefficient (Wildman–Crippen LogP) is 1.85. The number of rotatable bonds is 6. The molecule has 0 aliphatic heterocycles. The fourth-order valence-corrected chi connectivity index (χ4v) is 2.60. The summed E-state index contributed by atoms with van der Waals surface area (Å²) < 4.78 is 30.7. The highest BCUT2D eigenvalue weighted by atomic mass is 79.9. The van der Waals surface area contributed by atoms with Crippen LogP contribution in [0.3, 0.4) is 0 Å². The van der Waals surface area contributed by atoms with Crippen molar-refractivity contribution in [2.75, 3.05) is 35.7 Å². The normalized spacial score (nSPS) is 13.1. The molecule has 1 rings (SSSR count). The number of methoxy groups -OCH3 is 1. The maximum absolute atomic E-state index is 11.3. The first kappa shape index (κ1) is 16.1. The third-order valence-electron chi connectivity index (χ3n) is 2.26. The lowest BCUT2D eigenvalue weighted by atomic mass is 10.2. The van der Waals surface area contributed by atoms with Crippen molar-refractivity contribution in [1.82, 2.24) is 0 Å². The molecule has 0 aliphatic rings. The largest absolute Gasteiger partial charge is 0.395 e. The number of sulfonamides is 1. The smallest absolute Gasteiger partial charge is 0.229 e. The third kappa shape index (κ3) is 5.25. The fraction of sp³-hybridized carbons (Fsp3) is 0.455. The van der Waals surface area contributed by atoms with Crippen LogP contribution in [0.1, 0.15) is 6.92 Å². The predicted molar refractivity (Wildman–Crippen MR) is 82.0 cm³/mol. The number of nitrogen functional groups attached to an aromatic ring is 1. The van der Waals surface area contributed by atoms with Crippen LogP contribution in [0.5, 0.6) is 0 Å². The summed E-state index contributed by atoms with van der Waals surface area (Å²) in [5, 5.41) is 3.16. The zero-order valence-electron chi connectivity index (χ0n) is 11.0. The maximum atomic E-state index is 11.3. The number of halogens is 1. The van der Waals surface area contributed by atoms with Gasteiger partial charge in [-0.1, -0.05) is 15.9 Å². The molecule has 0 saturated carbocycles. The Kier molecular flexibility index (Phi) is 5.45. The molecule has 0 amide bonds. The van der Waals surface area contributed by atoms with Crippen LogP contribution in [0, 0.1) is 0 Å². The number of benzene rings is 1. The zero-order chi connectivity index (χ0) is 14.6. The topological polar surface area (TPSA) is 93.5 Å². The van der Waals surface area contributed by atoms with Crippen molar-refractivity contribution >= 4 is 43.0 Å². The van der Waals surface area contributed by atoms with E-state index in [2.05, 4.69) is 26.0 Å². The van der Waals surface area contributed by atoms with E-state index in [4.69, 9.17) is 10.5 Å². The van der Waals surface area contributed by atoms with Crippen LogP contribution >= 0.6 is 15.9 Å². The lowest BCUT2D eigenvalue weighted by molar-refractivity contribution is 0.190. The van der Waals surface area contributed by atoms with E-state index in [0.717, 1.165) is 10.7 Å². The molecule has 0 fully saturated rings. The van der Waals surface area contributed by atoms with E-state index in [1.54, 1.807) is 19.2 Å². The minimum Gasteiger partial charge on any atom is -0.395 e. The average molecular weight is 352 g/mol. The average Bonchev–Trinajstić information content (AvgIpc) is 2.23. The summed E-state index contributed by atoms with van der Waals surface area (Å²) in [6.07, 6.45) is 1.08. The molecule has 4 N–H and O–H groups in total. The van der Waals surface area contributed by atoms with Gasteiger partial charge in [0.15, 0.2) is 0 Å². The number of ether oxygens (including phenoxy) is 1. The summed E-state index contributed by atoms with van der Waals surface area (Å²) in [7, 11) is -1.76. The Labute approximate surface area is 121 Å². The number of hydrogen-bond donors (Lipinski definition) is 3. The molecular weight excluding hydrogens is 334 g/mol. The van der Waals surface area contributed by atoms with E-state index >= 15 is 0 Å². The first-order valence-corrected chi connectivity index (χ1v) is 8.23. The van der Waals surface area contributed by atoms with E-state index in [0.29, 0.717) is 23.7 Å². The minimum atomic E-state index is -3.38. The van der Waals surface area contributed by atoms with Crippen LogP contribution in [0.2, 0.25) is 0 Å². The Morgan fingerprint density at radius 1 is 1.42 bits per heavy atom. The summed E-state index contributed by atoms with van der Waals surface area (Å²) in [5.41, 5.74) is 7.28. The van der Waals surface area contributed by atoms with E-state index in [9.17, 15) is 8.42 Å². The Morgan fingerprint density at radius 2 is 2.00 bits per heavy atom. The van der Waals surface area contributed by atoms with E-state index in [1.807, 2.05) is 6.92 Å². The first-order chi connectivity index (χ1) is 8.73. The molecule has 6 nitrogen and oxygen atoms in total. The van der Waals surface area contributed by atoms with Gasteiger partial charge in [0.25, 0.3) is 0 Å². The quantitative estimate of drug-likeness (QED) is 0.680. The van der Waals surface area contributed by atoms with Gasteiger partial charge in [-0.25, -0.2) is 8.42 Å². The molecule has 0 heterocycles. The molecule has 1 aromatic carbocycles. The summed E-state index contributed by atoms with van der Waals surface area (Å²) in [5.74, 6) is 0. The molecule has 0 spiro atoms. The van der Waals surface area contributed by atoms with Crippen molar-refractivity contribution < 1.29 is 13.2 Å². The van der Waals surface area contributed by atoms with Crippen molar-refractivity contribution in [2.24, 2.45) is 0 Å². The summed E-state index contributed by atoms with van der Waals surface area (Å²) in [6.45, 7) is 2.45. The van der Waals surface area contributed by atoms with Gasteiger partial charge in [-0.05, 0) is 19.1 Å². The molecule has 1 unspecified atom stereocenters. The molecule has 0 saturated heterocycles.